The Hall–Kier alpha value is -3.60. The smallest absolute Gasteiger partial charge is 0.266 e. The van der Waals surface area contributed by atoms with Crippen LogP contribution in [0.3, 0.4) is 0 Å². The van der Waals surface area contributed by atoms with Crippen molar-refractivity contribution in [3.63, 3.8) is 0 Å². The highest BCUT2D eigenvalue weighted by Gasteiger charge is 2.12. The van der Waals surface area contributed by atoms with E-state index < -0.39 is 0 Å². The number of nitrogens with one attached hydrogen (secondary N) is 1. The zero-order valence-corrected chi connectivity index (χ0v) is 14.9. The Bertz CT molecular complexity index is 1120. The van der Waals surface area contributed by atoms with Crippen molar-refractivity contribution in [1.82, 2.24) is 9.55 Å². The minimum absolute atomic E-state index is 0.0710. The van der Waals surface area contributed by atoms with Crippen LogP contribution in [-0.2, 0) is 6.54 Å². The van der Waals surface area contributed by atoms with Crippen molar-refractivity contribution in [1.29, 1.82) is 0 Å². The zero-order chi connectivity index (χ0) is 18.6. The highest BCUT2D eigenvalue weighted by molar-refractivity contribution is 5.77. The van der Waals surface area contributed by atoms with Gasteiger partial charge in [0.25, 0.3) is 5.56 Å². The van der Waals surface area contributed by atoms with Crippen LogP contribution in [0, 0.1) is 0 Å². The third-order valence-corrected chi connectivity index (χ3v) is 4.40. The van der Waals surface area contributed by atoms with Gasteiger partial charge in [-0.3, -0.25) is 9.36 Å². The molecular weight excluding hydrogens is 338 g/mol. The maximum atomic E-state index is 13.1. The topological polar surface area (TPSA) is 56.1 Å². The Labute approximate surface area is 156 Å². The lowest BCUT2D eigenvalue weighted by Gasteiger charge is -2.15. The number of hydrogen-bond donors (Lipinski definition) is 1. The Balaban J connectivity index is 1.77. The maximum absolute atomic E-state index is 13.1. The van der Waals surface area contributed by atoms with Crippen molar-refractivity contribution in [2.24, 2.45) is 0 Å². The quantitative estimate of drug-likeness (QED) is 0.586. The number of hydrogen-bond acceptors (Lipinski definition) is 4. The van der Waals surface area contributed by atoms with Gasteiger partial charge in [-0.15, -0.1) is 0 Å². The molecule has 0 aliphatic heterocycles. The lowest BCUT2D eigenvalue weighted by molar-refractivity contribution is 0.415. The van der Waals surface area contributed by atoms with Gasteiger partial charge in [0.2, 0.25) is 0 Å². The summed E-state index contributed by atoms with van der Waals surface area (Å²) in [5.74, 6) is 1.45. The monoisotopic (exact) mass is 357 g/mol. The van der Waals surface area contributed by atoms with Crippen LogP contribution < -0.4 is 15.6 Å². The molecule has 27 heavy (non-hydrogen) atoms. The molecule has 1 aromatic heterocycles. The van der Waals surface area contributed by atoms with Crippen molar-refractivity contribution in [3.8, 4) is 11.4 Å². The van der Waals surface area contributed by atoms with E-state index in [0.29, 0.717) is 23.3 Å². The standard InChI is InChI=1S/C22H19N3O2/c1-27-18-13-11-16(12-14-18)23-15-21-24-20-10-6-5-9-19(20)22(26)25(21)17-7-3-2-4-8-17/h2-14,23H,15H2,1H3. The van der Waals surface area contributed by atoms with E-state index in [2.05, 4.69) is 5.32 Å². The van der Waals surface area contributed by atoms with Gasteiger partial charge in [0.1, 0.15) is 11.6 Å². The Morgan fingerprint density at radius 2 is 1.63 bits per heavy atom. The number of rotatable bonds is 5. The molecule has 1 heterocycles. The lowest BCUT2D eigenvalue weighted by Crippen LogP contribution is -2.25. The molecule has 1 N–H and O–H groups in total. The summed E-state index contributed by atoms with van der Waals surface area (Å²) in [5.41, 5.74) is 2.35. The molecule has 0 aliphatic carbocycles. The van der Waals surface area contributed by atoms with Crippen molar-refractivity contribution in [2.45, 2.75) is 6.54 Å². The molecule has 0 bridgehead atoms. The van der Waals surface area contributed by atoms with E-state index in [1.54, 1.807) is 11.7 Å². The van der Waals surface area contributed by atoms with Crippen LogP contribution >= 0.6 is 0 Å². The molecule has 0 radical (unpaired) electrons. The second-order valence-corrected chi connectivity index (χ2v) is 6.10. The zero-order valence-electron chi connectivity index (χ0n) is 14.9. The van der Waals surface area contributed by atoms with E-state index in [1.807, 2.05) is 78.9 Å². The lowest BCUT2D eigenvalue weighted by atomic mass is 10.2. The van der Waals surface area contributed by atoms with Crippen molar-refractivity contribution in [2.75, 3.05) is 12.4 Å². The minimum Gasteiger partial charge on any atom is -0.497 e. The number of fused-ring (bicyclic) bond motifs is 1. The first-order chi connectivity index (χ1) is 13.3. The summed E-state index contributed by atoms with van der Waals surface area (Å²) in [6, 6.07) is 24.7. The van der Waals surface area contributed by atoms with Crippen LogP contribution in [0.2, 0.25) is 0 Å². The molecule has 0 saturated heterocycles. The highest BCUT2D eigenvalue weighted by atomic mass is 16.5. The number of ether oxygens (including phenoxy) is 1. The molecule has 0 aliphatic rings. The van der Waals surface area contributed by atoms with Gasteiger partial charge < -0.3 is 10.1 Å². The second-order valence-electron chi connectivity index (χ2n) is 6.10. The van der Waals surface area contributed by atoms with Gasteiger partial charge in [-0.25, -0.2) is 4.98 Å². The molecule has 5 heteroatoms. The molecule has 0 saturated carbocycles. The van der Waals surface area contributed by atoms with Gasteiger partial charge in [0, 0.05) is 5.69 Å². The number of para-hydroxylation sites is 2. The molecule has 0 atom stereocenters. The molecule has 3 aromatic carbocycles. The van der Waals surface area contributed by atoms with Gasteiger partial charge >= 0.3 is 0 Å². The summed E-state index contributed by atoms with van der Waals surface area (Å²) < 4.78 is 6.85. The Morgan fingerprint density at radius 3 is 2.37 bits per heavy atom. The number of nitrogens with zero attached hydrogens (tertiary/aromatic N) is 2. The molecule has 134 valence electrons. The number of aromatic nitrogens is 2. The van der Waals surface area contributed by atoms with Gasteiger partial charge in [-0.1, -0.05) is 30.3 Å². The molecule has 5 nitrogen and oxygen atoms in total. The normalized spacial score (nSPS) is 10.7. The van der Waals surface area contributed by atoms with Crippen molar-refractivity contribution < 1.29 is 4.74 Å². The molecule has 0 fully saturated rings. The highest BCUT2D eigenvalue weighted by Crippen LogP contribution is 2.17. The molecule has 0 amide bonds. The fourth-order valence-corrected chi connectivity index (χ4v) is 3.03. The first kappa shape index (κ1) is 16.8. The van der Waals surface area contributed by atoms with Gasteiger partial charge in [0.15, 0.2) is 0 Å². The van der Waals surface area contributed by atoms with Crippen LogP contribution in [0.15, 0.2) is 83.7 Å². The average Bonchev–Trinajstić information content (AvgIpc) is 2.73. The van der Waals surface area contributed by atoms with E-state index in [0.717, 1.165) is 17.1 Å². The van der Waals surface area contributed by atoms with E-state index in [1.165, 1.54) is 0 Å². The average molecular weight is 357 g/mol. The van der Waals surface area contributed by atoms with Gasteiger partial charge in [-0.05, 0) is 48.5 Å². The van der Waals surface area contributed by atoms with Crippen molar-refractivity contribution >= 4 is 16.6 Å². The van der Waals surface area contributed by atoms with E-state index >= 15 is 0 Å². The predicted molar refractivity (Wildman–Crippen MR) is 108 cm³/mol. The number of benzene rings is 3. The fourth-order valence-electron chi connectivity index (χ4n) is 3.03. The summed E-state index contributed by atoms with van der Waals surface area (Å²) >= 11 is 0. The molecule has 4 rings (SSSR count). The summed E-state index contributed by atoms with van der Waals surface area (Å²) in [4.78, 5) is 17.9. The summed E-state index contributed by atoms with van der Waals surface area (Å²) in [6.07, 6.45) is 0. The first-order valence-corrected chi connectivity index (χ1v) is 8.70. The number of methoxy groups -OCH3 is 1. The second kappa shape index (κ2) is 7.33. The molecular formula is C22H19N3O2. The summed E-state index contributed by atoms with van der Waals surface area (Å²) in [6.45, 7) is 0.418. The van der Waals surface area contributed by atoms with Gasteiger partial charge in [0.05, 0.1) is 30.2 Å². The fraction of sp³-hybridized carbons (Fsp3) is 0.0909. The Kier molecular flexibility index (Phi) is 4.58. The Morgan fingerprint density at radius 1 is 0.926 bits per heavy atom. The molecule has 0 unspecified atom stereocenters. The van der Waals surface area contributed by atoms with Crippen LogP contribution in [-0.4, -0.2) is 16.7 Å². The third kappa shape index (κ3) is 3.40. The summed E-state index contributed by atoms with van der Waals surface area (Å²) in [5, 5.41) is 3.94. The van der Waals surface area contributed by atoms with Crippen LogP contribution in [0.1, 0.15) is 5.82 Å². The van der Waals surface area contributed by atoms with Crippen LogP contribution in [0.4, 0.5) is 5.69 Å². The predicted octanol–water partition coefficient (Wildman–Crippen LogP) is 4.01. The van der Waals surface area contributed by atoms with Crippen LogP contribution in [0.5, 0.6) is 5.75 Å². The largest absolute Gasteiger partial charge is 0.497 e. The van der Waals surface area contributed by atoms with E-state index in [4.69, 9.17) is 9.72 Å². The first-order valence-electron chi connectivity index (χ1n) is 8.70. The third-order valence-electron chi connectivity index (χ3n) is 4.40. The van der Waals surface area contributed by atoms with Gasteiger partial charge in [-0.2, -0.15) is 0 Å². The summed E-state index contributed by atoms with van der Waals surface area (Å²) in [7, 11) is 1.64. The maximum Gasteiger partial charge on any atom is 0.266 e. The molecule has 4 aromatic rings. The van der Waals surface area contributed by atoms with E-state index in [9.17, 15) is 4.79 Å². The van der Waals surface area contributed by atoms with E-state index in [-0.39, 0.29) is 5.56 Å². The van der Waals surface area contributed by atoms with Crippen molar-refractivity contribution in [3.05, 3.63) is 95.0 Å². The SMILES string of the molecule is COc1ccc(NCc2nc3ccccc3c(=O)n2-c2ccccc2)cc1. The molecule has 0 spiro atoms. The minimum atomic E-state index is -0.0710. The number of anilines is 1. The van der Waals surface area contributed by atoms with Crippen LogP contribution in [0.25, 0.3) is 16.6 Å².